The first-order valence-electron chi connectivity index (χ1n) is 7.51. The van der Waals surface area contributed by atoms with Crippen molar-refractivity contribution in [3.63, 3.8) is 0 Å². The number of aromatic hydroxyl groups is 1. The van der Waals surface area contributed by atoms with E-state index in [4.69, 9.17) is 0 Å². The first-order chi connectivity index (χ1) is 12.6. The molecule has 3 rings (SSSR count). The molecule has 3 aromatic carbocycles. The van der Waals surface area contributed by atoms with Crippen LogP contribution >= 0.6 is 31.9 Å². The Morgan fingerprint density at radius 1 is 0.889 bits per heavy atom. The minimum Gasteiger partial charge on any atom is -0.508 e. The molecule has 0 heterocycles. The Morgan fingerprint density at radius 2 is 1.56 bits per heavy atom. The highest BCUT2D eigenvalue weighted by atomic mass is 79.9. The van der Waals surface area contributed by atoms with Crippen LogP contribution in [0, 0.1) is 0 Å². The number of anilines is 2. The van der Waals surface area contributed by atoms with Gasteiger partial charge in [-0.3, -0.25) is 0 Å². The number of rotatable bonds is 2. The molecule has 27 heavy (non-hydrogen) atoms. The molecule has 0 aromatic heterocycles. The van der Waals surface area contributed by atoms with Gasteiger partial charge in [0.2, 0.25) is 0 Å². The Bertz CT molecular complexity index is 1020. The maximum Gasteiger partial charge on any atom is 0.416 e. The van der Waals surface area contributed by atoms with Crippen LogP contribution in [0.3, 0.4) is 0 Å². The van der Waals surface area contributed by atoms with Crippen molar-refractivity contribution in [2.75, 3.05) is 10.6 Å². The summed E-state index contributed by atoms with van der Waals surface area (Å²) in [5.41, 5.74) is -0.181. The van der Waals surface area contributed by atoms with Gasteiger partial charge in [0.05, 0.1) is 11.3 Å². The number of fused-ring (bicyclic) bond motifs is 1. The summed E-state index contributed by atoms with van der Waals surface area (Å²) in [6.07, 6.45) is -4.44. The van der Waals surface area contributed by atoms with E-state index in [9.17, 15) is 23.1 Å². The second-order valence-corrected chi connectivity index (χ2v) is 7.31. The van der Waals surface area contributed by atoms with E-state index in [-0.39, 0.29) is 11.4 Å². The lowest BCUT2D eigenvalue weighted by atomic mass is 10.1. The largest absolute Gasteiger partial charge is 0.508 e. The first kappa shape index (κ1) is 19.5. The van der Waals surface area contributed by atoms with Gasteiger partial charge in [0, 0.05) is 20.0 Å². The van der Waals surface area contributed by atoms with E-state index in [1.165, 1.54) is 24.3 Å². The smallest absolute Gasteiger partial charge is 0.416 e. The molecule has 4 nitrogen and oxygen atoms in total. The van der Waals surface area contributed by atoms with Crippen molar-refractivity contribution in [2.45, 2.75) is 6.18 Å². The normalized spacial score (nSPS) is 11.4. The van der Waals surface area contributed by atoms with Gasteiger partial charge in [-0.05, 0) is 69.8 Å². The summed E-state index contributed by atoms with van der Waals surface area (Å²) in [5.74, 6) is 0.0266. The minimum absolute atomic E-state index is 0.0266. The van der Waals surface area contributed by atoms with Crippen LogP contribution in [-0.4, -0.2) is 11.1 Å². The fourth-order valence-corrected chi connectivity index (χ4v) is 3.91. The highest BCUT2D eigenvalue weighted by Crippen LogP contribution is 2.38. The van der Waals surface area contributed by atoms with Gasteiger partial charge in [-0.25, -0.2) is 4.79 Å². The first-order valence-corrected chi connectivity index (χ1v) is 9.10. The van der Waals surface area contributed by atoms with Gasteiger partial charge in [0.1, 0.15) is 5.75 Å². The maximum absolute atomic E-state index is 12.6. The number of nitrogens with one attached hydrogen (secondary N) is 2. The van der Waals surface area contributed by atoms with E-state index in [0.29, 0.717) is 15.5 Å². The SMILES string of the molecule is O=C(Nc1ccc(C(F)(F)F)cc1)Nc1c(Br)cc(Br)c2ccc(O)cc12. The number of carbonyl (C=O) groups is 1. The van der Waals surface area contributed by atoms with Crippen LogP contribution in [-0.2, 0) is 6.18 Å². The van der Waals surface area contributed by atoms with Crippen LogP contribution in [0.1, 0.15) is 5.56 Å². The standard InChI is InChI=1S/C18H11Br2F3N2O2/c19-14-8-15(20)16(13-7-11(26)5-6-12(13)14)25-17(27)24-10-3-1-9(2-4-10)18(21,22)23/h1-8,26H,(H2,24,25,27). The van der Waals surface area contributed by atoms with Gasteiger partial charge >= 0.3 is 12.2 Å². The number of phenols is 1. The second kappa shape index (κ2) is 7.40. The molecule has 0 aliphatic carbocycles. The molecule has 0 atom stereocenters. The molecule has 0 unspecified atom stereocenters. The monoisotopic (exact) mass is 502 g/mol. The third kappa shape index (κ3) is 4.36. The summed E-state index contributed by atoms with van der Waals surface area (Å²) in [6.45, 7) is 0. The lowest BCUT2D eigenvalue weighted by Gasteiger charge is -2.14. The number of hydrogen-bond acceptors (Lipinski definition) is 2. The number of phenolic OH excluding ortho intramolecular Hbond substituents is 1. The highest BCUT2D eigenvalue weighted by Gasteiger charge is 2.30. The number of benzene rings is 3. The molecule has 2 amide bonds. The number of urea groups is 1. The molecule has 3 N–H and O–H groups in total. The zero-order chi connectivity index (χ0) is 19.8. The molecule has 140 valence electrons. The van der Waals surface area contributed by atoms with E-state index in [2.05, 4.69) is 42.5 Å². The molecule has 0 spiro atoms. The number of amides is 2. The summed E-state index contributed by atoms with van der Waals surface area (Å²) in [4.78, 5) is 12.3. The average molecular weight is 504 g/mol. The quantitative estimate of drug-likeness (QED) is 0.363. The lowest BCUT2D eigenvalue weighted by Crippen LogP contribution is -2.20. The van der Waals surface area contributed by atoms with Gasteiger partial charge in [0.15, 0.2) is 0 Å². The number of hydrogen-bond donors (Lipinski definition) is 3. The summed E-state index contributed by atoms with van der Waals surface area (Å²) >= 11 is 6.78. The predicted octanol–water partition coefficient (Wildman–Crippen LogP) is 6.73. The fourth-order valence-electron chi connectivity index (χ4n) is 2.48. The third-order valence-electron chi connectivity index (χ3n) is 3.73. The molecular formula is C18H11Br2F3N2O2. The van der Waals surface area contributed by atoms with Crippen molar-refractivity contribution < 1.29 is 23.1 Å². The van der Waals surface area contributed by atoms with Crippen LogP contribution in [0.5, 0.6) is 5.75 Å². The topological polar surface area (TPSA) is 61.4 Å². The van der Waals surface area contributed by atoms with Crippen molar-refractivity contribution in [1.82, 2.24) is 0 Å². The Kier molecular flexibility index (Phi) is 5.34. The zero-order valence-electron chi connectivity index (χ0n) is 13.4. The average Bonchev–Trinajstić information content (AvgIpc) is 2.58. The van der Waals surface area contributed by atoms with Crippen molar-refractivity contribution in [3.05, 3.63) is 63.0 Å². The molecule has 0 aliphatic rings. The van der Waals surface area contributed by atoms with Crippen LogP contribution in [0.25, 0.3) is 10.8 Å². The maximum atomic E-state index is 12.6. The summed E-state index contributed by atoms with van der Waals surface area (Å²) in [5, 5.41) is 16.2. The lowest BCUT2D eigenvalue weighted by molar-refractivity contribution is -0.137. The second-order valence-electron chi connectivity index (χ2n) is 5.60. The van der Waals surface area contributed by atoms with Crippen LogP contribution in [0.15, 0.2) is 57.5 Å². The molecule has 3 aromatic rings. The predicted molar refractivity (Wildman–Crippen MR) is 105 cm³/mol. The van der Waals surface area contributed by atoms with Crippen molar-refractivity contribution >= 4 is 60.0 Å². The van der Waals surface area contributed by atoms with Crippen molar-refractivity contribution in [2.24, 2.45) is 0 Å². The van der Waals surface area contributed by atoms with Gasteiger partial charge in [0.25, 0.3) is 0 Å². The van der Waals surface area contributed by atoms with Crippen molar-refractivity contribution in [1.29, 1.82) is 0 Å². The molecule has 0 bridgehead atoms. The summed E-state index contributed by atoms with van der Waals surface area (Å²) in [6, 6.07) is 9.93. The molecular weight excluding hydrogens is 493 g/mol. The van der Waals surface area contributed by atoms with Crippen LogP contribution in [0.4, 0.5) is 29.3 Å². The van der Waals surface area contributed by atoms with E-state index < -0.39 is 17.8 Å². The molecule has 0 fully saturated rings. The Morgan fingerprint density at radius 3 is 2.19 bits per heavy atom. The minimum atomic E-state index is -4.44. The number of halogens is 5. The zero-order valence-corrected chi connectivity index (χ0v) is 16.5. The van der Waals surface area contributed by atoms with E-state index in [1.807, 2.05) is 0 Å². The Labute approximate surface area is 168 Å². The van der Waals surface area contributed by atoms with Crippen LogP contribution in [0.2, 0.25) is 0 Å². The van der Waals surface area contributed by atoms with Crippen LogP contribution < -0.4 is 10.6 Å². The molecule has 0 saturated carbocycles. The van der Waals surface area contributed by atoms with Gasteiger partial charge in [-0.2, -0.15) is 13.2 Å². The molecule has 0 aliphatic heterocycles. The third-order valence-corrected chi connectivity index (χ3v) is 5.01. The molecule has 9 heteroatoms. The van der Waals surface area contributed by atoms with Gasteiger partial charge in [-0.1, -0.05) is 15.9 Å². The van der Waals surface area contributed by atoms with E-state index in [1.54, 1.807) is 12.1 Å². The van der Waals surface area contributed by atoms with Gasteiger partial charge in [-0.15, -0.1) is 0 Å². The van der Waals surface area contributed by atoms with E-state index in [0.717, 1.165) is 22.0 Å². The highest BCUT2D eigenvalue weighted by molar-refractivity contribution is 9.11. The number of alkyl halides is 3. The summed E-state index contributed by atoms with van der Waals surface area (Å²) in [7, 11) is 0. The fraction of sp³-hybridized carbons (Fsp3) is 0.0556. The van der Waals surface area contributed by atoms with Crippen molar-refractivity contribution in [3.8, 4) is 5.75 Å². The van der Waals surface area contributed by atoms with Gasteiger partial charge < -0.3 is 15.7 Å². The molecule has 0 radical (unpaired) electrons. The number of carbonyl (C=O) groups excluding carboxylic acids is 1. The Hall–Kier alpha value is -2.26. The summed E-state index contributed by atoms with van der Waals surface area (Å²) < 4.78 is 39.1. The molecule has 0 saturated heterocycles. The van der Waals surface area contributed by atoms with E-state index >= 15 is 0 Å². The Balaban J connectivity index is 1.85.